The van der Waals surface area contributed by atoms with E-state index in [1.54, 1.807) is 11.8 Å². The molecule has 12 nitrogen and oxygen atoms in total. The van der Waals surface area contributed by atoms with Gasteiger partial charge in [0.1, 0.15) is 12.8 Å². The zero-order valence-corrected chi connectivity index (χ0v) is 21.2. The number of thiazole rings is 1. The number of carbonyl (C=O) groups excluding carboxylic acids is 2. The molecule has 0 radical (unpaired) electrons. The van der Waals surface area contributed by atoms with Gasteiger partial charge in [-0.2, -0.15) is 9.36 Å². The number of para-hydroxylation sites is 1. The highest BCUT2D eigenvalue weighted by atomic mass is 32.2. The number of carbonyl (C=O) groups is 3. The number of aromatic nitrogens is 3. The van der Waals surface area contributed by atoms with E-state index in [-0.39, 0.29) is 33.6 Å². The summed E-state index contributed by atoms with van der Waals surface area (Å²) in [5.74, 6) is -1.23. The van der Waals surface area contributed by atoms with Gasteiger partial charge < -0.3 is 21.4 Å². The minimum Gasteiger partial charge on any atom is -0.477 e. The molecular formula is C19H17N7O5S4. The summed E-state index contributed by atoms with van der Waals surface area (Å²) in [4.78, 5) is 48.8. The monoisotopic (exact) mass is 551 g/mol. The van der Waals surface area contributed by atoms with E-state index >= 15 is 0 Å². The summed E-state index contributed by atoms with van der Waals surface area (Å²) in [5, 5.41) is 13.1. The first kappa shape index (κ1) is 24.9. The Morgan fingerprint density at radius 2 is 2.09 bits per heavy atom. The Bertz CT molecular complexity index is 1340. The van der Waals surface area contributed by atoms with Crippen molar-refractivity contribution in [2.75, 3.05) is 18.6 Å². The Balaban J connectivity index is 0.000000191. The van der Waals surface area contributed by atoms with Crippen LogP contribution in [0.4, 0.5) is 5.13 Å². The first-order valence-corrected chi connectivity index (χ1v) is 13.2. The second-order valence-corrected chi connectivity index (χ2v) is 11.1. The number of aliphatic carboxylic acids is 1. The van der Waals surface area contributed by atoms with Gasteiger partial charge in [-0.25, -0.2) is 9.78 Å². The molecule has 1 aromatic carbocycles. The van der Waals surface area contributed by atoms with Gasteiger partial charge in [-0.1, -0.05) is 29.1 Å². The van der Waals surface area contributed by atoms with Crippen LogP contribution < -0.4 is 11.5 Å². The van der Waals surface area contributed by atoms with Crippen molar-refractivity contribution in [1.82, 2.24) is 19.2 Å². The van der Waals surface area contributed by atoms with E-state index in [0.717, 1.165) is 26.1 Å². The minimum atomic E-state index is -1.04. The Labute approximate surface area is 214 Å². The number of thioether (sulfide) groups is 2. The summed E-state index contributed by atoms with van der Waals surface area (Å²) in [7, 11) is 1.29. The van der Waals surface area contributed by atoms with Crippen LogP contribution in [0, 0.1) is 0 Å². The van der Waals surface area contributed by atoms with Gasteiger partial charge in [0.25, 0.3) is 5.91 Å². The molecule has 3 aromatic rings. The average Bonchev–Trinajstić information content (AvgIpc) is 3.42. The van der Waals surface area contributed by atoms with E-state index in [1.165, 1.54) is 35.1 Å². The van der Waals surface area contributed by atoms with E-state index in [0.29, 0.717) is 17.1 Å². The molecule has 2 amide bonds. The van der Waals surface area contributed by atoms with Gasteiger partial charge in [-0.15, -0.1) is 23.1 Å². The smallest absolute Gasteiger partial charge is 0.353 e. The van der Waals surface area contributed by atoms with Crippen LogP contribution in [-0.2, 0) is 19.2 Å². The zero-order chi connectivity index (χ0) is 25.1. The Hall–Kier alpha value is -3.21. The number of amides is 2. The lowest BCUT2D eigenvalue weighted by atomic mass is 10.1. The zero-order valence-electron chi connectivity index (χ0n) is 17.9. The van der Waals surface area contributed by atoms with E-state index in [2.05, 4.69) is 24.3 Å². The molecule has 1 atom stereocenters. The van der Waals surface area contributed by atoms with Crippen molar-refractivity contribution < 1.29 is 24.3 Å². The Morgan fingerprint density at radius 3 is 2.69 bits per heavy atom. The summed E-state index contributed by atoms with van der Waals surface area (Å²) < 4.78 is 5.63. The molecule has 4 heterocycles. The van der Waals surface area contributed by atoms with Crippen LogP contribution in [0.1, 0.15) is 12.2 Å². The number of fused-ring (bicyclic) bond motifs is 2. The summed E-state index contributed by atoms with van der Waals surface area (Å²) in [6.45, 7) is 0. The number of hydrogen-bond donors (Lipinski definition) is 3. The molecule has 16 heteroatoms. The normalized spacial score (nSPS) is 17.4. The van der Waals surface area contributed by atoms with Crippen molar-refractivity contribution in [3.05, 3.63) is 40.7 Å². The van der Waals surface area contributed by atoms with Crippen LogP contribution in [0.15, 0.2) is 44.4 Å². The number of anilines is 1. The molecule has 5 rings (SSSR count). The van der Waals surface area contributed by atoms with Crippen molar-refractivity contribution in [2.24, 2.45) is 10.9 Å². The third kappa shape index (κ3) is 5.39. The van der Waals surface area contributed by atoms with Crippen LogP contribution in [0.5, 0.6) is 0 Å². The number of rotatable bonds is 6. The van der Waals surface area contributed by atoms with E-state index in [9.17, 15) is 19.5 Å². The number of hydrogen-bond acceptors (Lipinski definition) is 13. The highest BCUT2D eigenvalue weighted by Gasteiger charge is 2.45. The van der Waals surface area contributed by atoms with E-state index < -0.39 is 11.9 Å². The van der Waals surface area contributed by atoms with Gasteiger partial charge in [0.15, 0.2) is 9.47 Å². The molecule has 5 N–H and O–H groups in total. The lowest BCUT2D eigenvalue weighted by molar-refractivity contribution is -0.146. The number of benzene rings is 1. The molecule has 0 spiro atoms. The molecule has 0 aliphatic carbocycles. The van der Waals surface area contributed by atoms with Gasteiger partial charge in [0, 0.05) is 22.2 Å². The molecule has 2 aliphatic heterocycles. The molecule has 182 valence electrons. The lowest BCUT2D eigenvalue weighted by Crippen LogP contribution is -2.53. The predicted molar refractivity (Wildman–Crippen MR) is 135 cm³/mol. The van der Waals surface area contributed by atoms with Crippen molar-refractivity contribution in [1.29, 1.82) is 0 Å². The highest BCUT2D eigenvalue weighted by molar-refractivity contribution is 8.07. The van der Waals surface area contributed by atoms with E-state index in [4.69, 9.17) is 11.5 Å². The van der Waals surface area contributed by atoms with Gasteiger partial charge in [-0.3, -0.25) is 14.5 Å². The van der Waals surface area contributed by atoms with Gasteiger partial charge in [0.2, 0.25) is 17.4 Å². The minimum absolute atomic E-state index is 0.0154. The fourth-order valence-corrected chi connectivity index (χ4v) is 7.14. The topological polar surface area (TPSA) is 187 Å². The molecule has 0 saturated carbocycles. The highest BCUT2D eigenvalue weighted by Crippen LogP contribution is 2.45. The van der Waals surface area contributed by atoms with Gasteiger partial charge >= 0.3 is 5.97 Å². The SMILES string of the molecule is CO/N=C(\C(N)=O)c1nsc(N)n1.O=C(O)C1=C(Sc2nc3ccccc3s2)CS[C@H]2CC(=O)N12. The third-order valence-electron chi connectivity index (χ3n) is 4.57. The van der Waals surface area contributed by atoms with Gasteiger partial charge in [0.05, 0.1) is 22.0 Å². The number of oxime groups is 1. The maximum atomic E-state index is 11.7. The van der Waals surface area contributed by atoms with Crippen LogP contribution >= 0.6 is 46.4 Å². The average molecular weight is 552 g/mol. The maximum absolute atomic E-state index is 11.7. The van der Waals surface area contributed by atoms with E-state index in [1.807, 2.05) is 24.3 Å². The number of carboxylic acids is 1. The molecule has 2 aliphatic rings. The molecular weight excluding hydrogens is 535 g/mol. The first-order chi connectivity index (χ1) is 16.8. The maximum Gasteiger partial charge on any atom is 0.353 e. The summed E-state index contributed by atoms with van der Waals surface area (Å²) >= 11 is 5.46. The first-order valence-electron chi connectivity index (χ1n) is 9.72. The van der Waals surface area contributed by atoms with Crippen molar-refractivity contribution in [2.45, 2.75) is 16.1 Å². The standard InChI is InChI=1S/C14H10N2O3S3.C5H7N5O2S/c17-10-5-11-16(10)12(13(18)19)9(6-20-11)22-14-15-7-3-1-2-4-8(7)21-14;1-12-9-2(3(6)11)4-8-5(7)13-10-4/h1-4,11H,5-6H2,(H,18,19);1H3,(H2,6,11)(H2,7,8,10)/b;9-2+/t11-;/m0./s1. The number of primary amides is 1. The molecule has 1 fully saturated rings. The fourth-order valence-electron chi connectivity index (χ4n) is 3.08. The van der Waals surface area contributed by atoms with Gasteiger partial charge in [-0.05, 0) is 12.1 Å². The number of β-lactam (4-membered cyclic amide) rings is 1. The number of nitrogens with zero attached hydrogens (tertiary/aromatic N) is 5. The molecule has 0 unspecified atom stereocenters. The lowest BCUT2D eigenvalue weighted by Gasteiger charge is -2.43. The largest absolute Gasteiger partial charge is 0.477 e. The third-order valence-corrected chi connectivity index (χ3v) is 8.70. The summed E-state index contributed by atoms with van der Waals surface area (Å²) in [6.07, 6.45) is 0.431. The number of nitrogens with two attached hydrogens (primary N) is 2. The quantitative estimate of drug-likeness (QED) is 0.231. The molecule has 35 heavy (non-hydrogen) atoms. The number of nitrogen functional groups attached to an aromatic ring is 1. The summed E-state index contributed by atoms with van der Waals surface area (Å²) in [6, 6.07) is 7.82. The van der Waals surface area contributed by atoms with Crippen LogP contribution in [0.3, 0.4) is 0 Å². The van der Waals surface area contributed by atoms with Crippen molar-refractivity contribution in [3.63, 3.8) is 0 Å². The molecule has 1 saturated heterocycles. The fraction of sp³-hybridized carbons (Fsp3) is 0.211. The van der Waals surface area contributed by atoms with Crippen molar-refractivity contribution in [3.8, 4) is 0 Å². The predicted octanol–water partition coefficient (Wildman–Crippen LogP) is 1.95. The number of carboxylic acid groups (broad SMARTS) is 1. The van der Waals surface area contributed by atoms with Crippen LogP contribution in [0.25, 0.3) is 10.2 Å². The molecule has 2 aromatic heterocycles. The Morgan fingerprint density at radius 1 is 1.31 bits per heavy atom. The Kier molecular flexibility index (Phi) is 7.54. The molecule has 0 bridgehead atoms. The second-order valence-electron chi connectivity index (χ2n) is 6.80. The van der Waals surface area contributed by atoms with Crippen LogP contribution in [0.2, 0.25) is 0 Å². The van der Waals surface area contributed by atoms with Crippen molar-refractivity contribution >= 4 is 85.2 Å². The summed E-state index contributed by atoms with van der Waals surface area (Å²) in [5.41, 5.74) is 11.2. The van der Waals surface area contributed by atoms with Crippen LogP contribution in [-0.4, -0.2) is 66.1 Å². The second kappa shape index (κ2) is 10.6.